The molecule has 2 aromatic carbocycles. The van der Waals surface area contributed by atoms with Crippen LogP contribution in [0.1, 0.15) is 38.9 Å². The predicted octanol–water partition coefficient (Wildman–Crippen LogP) is 4.40. The number of carbonyl (C=O) groups excluding carboxylic acids is 2. The zero-order valence-electron chi connectivity index (χ0n) is 16.3. The van der Waals surface area contributed by atoms with E-state index >= 15 is 0 Å². The van der Waals surface area contributed by atoms with E-state index in [2.05, 4.69) is 10.1 Å². The zero-order valence-corrected chi connectivity index (χ0v) is 17.1. The fraction of sp³-hybridized carbons (Fsp3) is 0.0435. The SMILES string of the molecule is CC1=NN(c2ccc(C(=O)O)cc2)C(=O)/C1=C\c1cc(C(=O)c2ccccc2Cl)c[nH]1. The standard InChI is InChI=1S/C23H16ClN3O4/c1-13-19(22(29)27(26-13)17-8-6-14(7-9-17)23(30)31)11-16-10-15(12-25-16)21(28)18-4-2-3-5-20(18)24/h2-12,25H,1H3,(H,30,31)/b19-11-. The third-order valence-corrected chi connectivity index (χ3v) is 5.14. The van der Waals surface area contributed by atoms with Crippen LogP contribution in [0.5, 0.6) is 0 Å². The number of anilines is 1. The van der Waals surface area contributed by atoms with Gasteiger partial charge in [0.15, 0.2) is 5.78 Å². The Bertz CT molecular complexity index is 1270. The van der Waals surface area contributed by atoms with E-state index in [9.17, 15) is 14.4 Å². The van der Waals surface area contributed by atoms with Crippen molar-refractivity contribution >= 4 is 46.7 Å². The number of amides is 1. The Labute approximate surface area is 182 Å². The van der Waals surface area contributed by atoms with Crippen molar-refractivity contribution in [3.05, 3.63) is 93.8 Å². The van der Waals surface area contributed by atoms with Crippen molar-refractivity contribution in [3.8, 4) is 0 Å². The number of carboxylic acid groups (broad SMARTS) is 1. The largest absolute Gasteiger partial charge is 0.478 e. The third-order valence-electron chi connectivity index (χ3n) is 4.81. The van der Waals surface area contributed by atoms with Gasteiger partial charge in [0.1, 0.15) is 0 Å². The van der Waals surface area contributed by atoms with Crippen LogP contribution in [0.15, 0.2) is 71.5 Å². The molecule has 0 radical (unpaired) electrons. The van der Waals surface area contributed by atoms with Gasteiger partial charge in [0.05, 0.1) is 27.6 Å². The van der Waals surface area contributed by atoms with Gasteiger partial charge in [0, 0.05) is 23.0 Å². The summed E-state index contributed by atoms with van der Waals surface area (Å²) in [6.07, 6.45) is 3.18. The van der Waals surface area contributed by atoms with Crippen LogP contribution in [0, 0.1) is 0 Å². The molecule has 1 aliphatic rings. The minimum Gasteiger partial charge on any atom is -0.478 e. The van der Waals surface area contributed by atoms with Crippen molar-refractivity contribution in [2.75, 3.05) is 5.01 Å². The summed E-state index contributed by atoms with van der Waals surface area (Å²) in [5, 5.41) is 14.9. The fourth-order valence-electron chi connectivity index (χ4n) is 3.19. The van der Waals surface area contributed by atoms with Crippen molar-refractivity contribution < 1.29 is 19.5 Å². The van der Waals surface area contributed by atoms with Gasteiger partial charge in [-0.25, -0.2) is 4.79 Å². The second-order valence-electron chi connectivity index (χ2n) is 6.87. The molecule has 7 nitrogen and oxygen atoms in total. The van der Waals surface area contributed by atoms with Gasteiger partial charge in [0.2, 0.25) is 0 Å². The summed E-state index contributed by atoms with van der Waals surface area (Å²) in [7, 11) is 0. The number of hydrazone groups is 1. The summed E-state index contributed by atoms with van der Waals surface area (Å²) in [4.78, 5) is 39.6. The number of nitrogens with zero attached hydrogens (tertiary/aromatic N) is 2. The molecule has 31 heavy (non-hydrogen) atoms. The highest BCUT2D eigenvalue weighted by Gasteiger charge is 2.29. The molecule has 0 spiro atoms. The van der Waals surface area contributed by atoms with Crippen LogP contribution in [-0.4, -0.2) is 33.5 Å². The molecule has 0 unspecified atom stereocenters. The van der Waals surface area contributed by atoms with Crippen LogP contribution in [0.2, 0.25) is 5.02 Å². The monoisotopic (exact) mass is 433 g/mol. The molecule has 1 amide bonds. The van der Waals surface area contributed by atoms with Gasteiger partial charge in [-0.3, -0.25) is 9.59 Å². The minimum absolute atomic E-state index is 0.119. The smallest absolute Gasteiger partial charge is 0.335 e. The van der Waals surface area contributed by atoms with Gasteiger partial charge in [-0.2, -0.15) is 10.1 Å². The molecule has 4 rings (SSSR count). The molecule has 0 bridgehead atoms. The number of rotatable bonds is 5. The highest BCUT2D eigenvalue weighted by atomic mass is 35.5. The van der Waals surface area contributed by atoms with E-state index in [4.69, 9.17) is 16.7 Å². The van der Waals surface area contributed by atoms with Gasteiger partial charge in [-0.1, -0.05) is 23.7 Å². The summed E-state index contributed by atoms with van der Waals surface area (Å²) in [6, 6.07) is 14.3. The van der Waals surface area contributed by atoms with E-state index in [1.165, 1.54) is 29.3 Å². The molecular formula is C23H16ClN3O4. The summed E-state index contributed by atoms with van der Waals surface area (Å²) >= 11 is 6.11. The number of carboxylic acids is 1. The maximum atomic E-state index is 12.9. The average Bonchev–Trinajstić information content (AvgIpc) is 3.34. The Morgan fingerprint density at radius 3 is 2.48 bits per heavy atom. The first kappa shape index (κ1) is 20.3. The molecule has 1 aromatic heterocycles. The number of halogens is 1. The summed E-state index contributed by atoms with van der Waals surface area (Å²) in [6.45, 7) is 1.70. The number of carbonyl (C=O) groups is 3. The topological polar surface area (TPSA) is 103 Å². The molecule has 0 saturated heterocycles. The number of benzene rings is 2. The van der Waals surface area contributed by atoms with E-state index < -0.39 is 5.97 Å². The number of hydrogen-bond donors (Lipinski definition) is 2. The first-order valence-corrected chi connectivity index (χ1v) is 9.65. The lowest BCUT2D eigenvalue weighted by molar-refractivity contribution is -0.114. The van der Waals surface area contributed by atoms with Crippen molar-refractivity contribution in [2.24, 2.45) is 5.10 Å². The van der Waals surface area contributed by atoms with Crippen LogP contribution in [0.4, 0.5) is 5.69 Å². The molecular weight excluding hydrogens is 418 g/mol. The first-order valence-electron chi connectivity index (χ1n) is 9.28. The summed E-state index contributed by atoms with van der Waals surface area (Å²) in [5.41, 5.74) is 2.82. The molecule has 3 aromatic rings. The summed E-state index contributed by atoms with van der Waals surface area (Å²) < 4.78 is 0. The van der Waals surface area contributed by atoms with Crippen molar-refractivity contribution in [2.45, 2.75) is 6.92 Å². The average molecular weight is 434 g/mol. The van der Waals surface area contributed by atoms with Gasteiger partial charge in [0.25, 0.3) is 5.91 Å². The lowest BCUT2D eigenvalue weighted by Gasteiger charge is -2.11. The number of aromatic amines is 1. The van der Waals surface area contributed by atoms with Crippen LogP contribution >= 0.6 is 11.6 Å². The third kappa shape index (κ3) is 3.91. The Balaban J connectivity index is 1.58. The molecule has 2 N–H and O–H groups in total. The van der Waals surface area contributed by atoms with E-state index in [1.54, 1.807) is 49.5 Å². The Morgan fingerprint density at radius 2 is 1.81 bits per heavy atom. The second-order valence-corrected chi connectivity index (χ2v) is 7.27. The normalized spacial score (nSPS) is 14.8. The number of nitrogens with one attached hydrogen (secondary N) is 1. The molecule has 154 valence electrons. The molecule has 0 fully saturated rings. The quantitative estimate of drug-likeness (QED) is 0.459. The van der Waals surface area contributed by atoms with Crippen molar-refractivity contribution in [1.82, 2.24) is 4.98 Å². The van der Waals surface area contributed by atoms with Gasteiger partial charge >= 0.3 is 5.97 Å². The van der Waals surface area contributed by atoms with Crippen LogP contribution in [0.25, 0.3) is 6.08 Å². The Morgan fingerprint density at radius 1 is 1.10 bits per heavy atom. The molecule has 0 aliphatic carbocycles. The van der Waals surface area contributed by atoms with E-state index in [0.29, 0.717) is 38.8 Å². The van der Waals surface area contributed by atoms with Crippen molar-refractivity contribution in [1.29, 1.82) is 0 Å². The Hall–Kier alpha value is -3.97. The van der Waals surface area contributed by atoms with E-state index in [0.717, 1.165) is 0 Å². The van der Waals surface area contributed by atoms with Crippen LogP contribution in [0.3, 0.4) is 0 Å². The molecule has 1 aliphatic heterocycles. The van der Waals surface area contributed by atoms with E-state index in [1.807, 2.05) is 0 Å². The number of H-pyrrole nitrogens is 1. The van der Waals surface area contributed by atoms with Crippen LogP contribution < -0.4 is 5.01 Å². The fourth-order valence-corrected chi connectivity index (χ4v) is 3.41. The molecule has 8 heteroatoms. The van der Waals surface area contributed by atoms with Crippen molar-refractivity contribution in [3.63, 3.8) is 0 Å². The van der Waals surface area contributed by atoms with Gasteiger partial charge in [-0.15, -0.1) is 0 Å². The van der Waals surface area contributed by atoms with E-state index in [-0.39, 0.29) is 17.3 Å². The maximum absolute atomic E-state index is 12.9. The minimum atomic E-state index is -1.05. The molecule has 0 atom stereocenters. The molecule has 2 heterocycles. The lowest BCUT2D eigenvalue weighted by Crippen LogP contribution is -2.21. The molecule has 0 saturated carbocycles. The number of aromatic nitrogens is 1. The number of aromatic carboxylic acids is 1. The summed E-state index contributed by atoms with van der Waals surface area (Å²) in [5.74, 6) is -1.63. The lowest BCUT2D eigenvalue weighted by atomic mass is 10.1. The Kier molecular flexibility index (Phi) is 5.27. The van der Waals surface area contributed by atoms with Gasteiger partial charge in [-0.05, 0) is 55.5 Å². The zero-order chi connectivity index (χ0) is 22.1. The predicted molar refractivity (Wildman–Crippen MR) is 118 cm³/mol. The number of ketones is 1. The maximum Gasteiger partial charge on any atom is 0.335 e. The first-order chi connectivity index (χ1) is 14.8. The highest BCUT2D eigenvalue weighted by molar-refractivity contribution is 6.35. The second kappa shape index (κ2) is 8.04. The number of hydrogen-bond acceptors (Lipinski definition) is 4. The van der Waals surface area contributed by atoms with Gasteiger partial charge < -0.3 is 10.1 Å². The highest BCUT2D eigenvalue weighted by Crippen LogP contribution is 2.26. The van der Waals surface area contributed by atoms with Crippen LogP contribution in [-0.2, 0) is 4.79 Å².